The first-order chi connectivity index (χ1) is 12.5. The second kappa shape index (κ2) is 10.2. The van der Waals surface area contributed by atoms with Gasteiger partial charge in [0.15, 0.2) is 0 Å². The van der Waals surface area contributed by atoms with Gasteiger partial charge >= 0.3 is 13.2 Å². The fourth-order valence-electron chi connectivity index (χ4n) is 2.44. The maximum Gasteiger partial charge on any atom is 0.413 e. The first-order valence-electron chi connectivity index (χ1n) is 8.47. The molecule has 10 heteroatoms. The van der Waals surface area contributed by atoms with Crippen molar-refractivity contribution in [3.8, 4) is 0 Å². The summed E-state index contributed by atoms with van der Waals surface area (Å²) in [4.78, 5) is 54.3. The van der Waals surface area contributed by atoms with Crippen molar-refractivity contribution in [2.75, 3.05) is 7.05 Å². The zero-order valence-electron chi connectivity index (χ0n) is 15.5. The van der Waals surface area contributed by atoms with Crippen LogP contribution in [0.3, 0.4) is 0 Å². The zero-order valence-corrected chi connectivity index (χ0v) is 16.4. The van der Waals surface area contributed by atoms with Crippen molar-refractivity contribution in [3.63, 3.8) is 0 Å². The van der Waals surface area contributed by atoms with Gasteiger partial charge in [-0.25, -0.2) is 4.57 Å². The van der Waals surface area contributed by atoms with Gasteiger partial charge in [-0.05, 0) is 17.9 Å². The van der Waals surface area contributed by atoms with Crippen LogP contribution in [0.5, 0.6) is 0 Å². The van der Waals surface area contributed by atoms with E-state index in [0.29, 0.717) is 0 Å². The molecule has 1 rings (SSSR count). The first kappa shape index (κ1) is 22.8. The zero-order chi connectivity index (χ0) is 20.6. The lowest BCUT2D eigenvalue weighted by atomic mass is 10.0. The number of amides is 3. The Kier molecular flexibility index (Phi) is 8.62. The van der Waals surface area contributed by atoms with Crippen molar-refractivity contribution in [1.82, 2.24) is 16.0 Å². The van der Waals surface area contributed by atoms with Crippen molar-refractivity contribution in [2.24, 2.45) is 5.92 Å². The van der Waals surface area contributed by atoms with Gasteiger partial charge in [-0.15, -0.1) is 0 Å². The number of rotatable bonds is 9. The summed E-state index contributed by atoms with van der Waals surface area (Å²) in [6.45, 7) is 3.59. The summed E-state index contributed by atoms with van der Waals surface area (Å²) in [6, 6.07) is 6.99. The summed E-state index contributed by atoms with van der Waals surface area (Å²) in [7, 11) is -3.58. The lowest BCUT2D eigenvalue weighted by Crippen LogP contribution is -2.54. The van der Waals surface area contributed by atoms with E-state index in [9.17, 15) is 18.9 Å². The molecule has 2 atom stereocenters. The van der Waals surface area contributed by atoms with Gasteiger partial charge in [-0.2, -0.15) is 0 Å². The highest BCUT2D eigenvalue weighted by molar-refractivity contribution is 7.69. The van der Waals surface area contributed by atoms with E-state index in [4.69, 9.17) is 9.79 Å². The van der Waals surface area contributed by atoms with Crippen LogP contribution in [-0.4, -0.2) is 46.4 Å². The minimum atomic E-state index is -5.02. The van der Waals surface area contributed by atoms with Crippen molar-refractivity contribution in [1.29, 1.82) is 0 Å². The minimum absolute atomic E-state index is 0.0367. The Labute approximate surface area is 158 Å². The summed E-state index contributed by atoms with van der Waals surface area (Å²) in [6.07, 6.45) is 0.385. The molecule has 2 unspecified atom stereocenters. The fraction of sp³-hybridized carbons (Fsp3) is 0.471. The van der Waals surface area contributed by atoms with Crippen LogP contribution in [0.4, 0.5) is 4.79 Å². The quantitative estimate of drug-likeness (QED) is 0.388. The maximum atomic E-state index is 12.6. The molecule has 27 heavy (non-hydrogen) atoms. The molecule has 0 aliphatic rings. The average molecular weight is 399 g/mol. The Morgan fingerprint density at radius 3 is 2.07 bits per heavy atom. The van der Waals surface area contributed by atoms with Crippen LogP contribution < -0.4 is 16.0 Å². The van der Waals surface area contributed by atoms with Crippen LogP contribution in [0.15, 0.2) is 30.3 Å². The molecule has 0 saturated carbocycles. The topological polar surface area (TPSA) is 145 Å². The molecule has 150 valence electrons. The van der Waals surface area contributed by atoms with Crippen LogP contribution in [0.1, 0.15) is 25.8 Å². The Hall–Kier alpha value is -2.22. The van der Waals surface area contributed by atoms with Gasteiger partial charge in [0.2, 0.25) is 11.8 Å². The lowest BCUT2D eigenvalue weighted by molar-refractivity contribution is -0.129. The van der Waals surface area contributed by atoms with E-state index < -0.39 is 37.1 Å². The molecule has 1 aromatic rings. The van der Waals surface area contributed by atoms with Crippen molar-refractivity contribution < 1.29 is 28.7 Å². The molecule has 0 saturated heterocycles. The van der Waals surface area contributed by atoms with Crippen LogP contribution in [0, 0.1) is 5.92 Å². The molecule has 0 aliphatic heterocycles. The third kappa shape index (κ3) is 7.90. The third-order valence-electron chi connectivity index (χ3n) is 3.75. The van der Waals surface area contributed by atoms with Gasteiger partial charge in [0.1, 0.15) is 12.1 Å². The van der Waals surface area contributed by atoms with Crippen LogP contribution in [0.25, 0.3) is 0 Å². The first-order valence-corrected chi connectivity index (χ1v) is 10.1. The van der Waals surface area contributed by atoms with E-state index in [-0.39, 0.29) is 18.8 Å². The van der Waals surface area contributed by atoms with Crippen LogP contribution in [0.2, 0.25) is 0 Å². The van der Waals surface area contributed by atoms with Gasteiger partial charge in [-0.1, -0.05) is 44.2 Å². The number of nitrogens with one attached hydrogen (secondary N) is 3. The molecule has 0 aromatic heterocycles. The Bertz CT molecular complexity index is 704. The van der Waals surface area contributed by atoms with Crippen molar-refractivity contribution in [3.05, 3.63) is 35.9 Å². The van der Waals surface area contributed by atoms with Gasteiger partial charge < -0.3 is 25.7 Å². The molecule has 0 aliphatic carbocycles. The van der Waals surface area contributed by atoms with Crippen molar-refractivity contribution in [2.45, 2.75) is 38.8 Å². The molecule has 0 bridgehead atoms. The smallest absolute Gasteiger partial charge is 0.357 e. The number of hydrogen-bond donors (Lipinski definition) is 5. The monoisotopic (exact) mass is 399 g/mol. The van der Waals surface area contributed by atoms with E-state index in [1.54, 1.807) is 26.0 Å². The average Bonchev–Trinajstić information content (AvgIpc) is 2.59. The van der Waals surface area contributed by atoms with Gasteiger partial charge in [0, 0.05) is 13.5 Å². The second-order valence-electron chi connectivity index (χ2n) is 6.54. The second-order valence-corrected chi connectivity index (χ2v) is 8.04. The van der Waals surface area contributed by atoms with Gasteiger partial charge in [-0.3, -0.25) is 14.4 Å². The number of likely N-dealkylation sites (N-methyl/N-ethyl adjacent to an activating group) is 1. The third-order valence-corrected chi connectivity index (χ3v) is 4.41. The minimum Gasteiger partial charge on any atom is -0.357 e. The lowest BCUT2D eigenvalue weighted by Gasteiger charge is -2.24. The van der Waals surface area contributed by atoms with Gasteiger partial charge in [0.05, 0.1) is 0 Å². The number of hydrogen-bond acceptors (Lipinski definition) is 4. The molecule has 0 heterocycles. The van der Waals surface area contributed by atoms with E-state index in [1.807, 2.05) is 18.2 Å². The highest BCUT2D eigenvalue weighted by atomic mass is 31.2. The summed E-state index contributed by atoms with van der Waals surface area (Å²) in [5, 5.41) is 7.10. The number of benzene rings is 1. The van der Waals surface area contributed by atoms with Crippen molar-refractivity contribution >= 4 is 25.1 Å². The predicted octanol–water partition coefficient (Wildman–Crippen LogP) is 0.762. The molecule has 3 amide bonds. The van der Waals surface area contributed by atoms with Crippen LogP contribution >= 0.6 is 7.60 Å². The molecule has 1 aromatic carbocycles. The largest absolute Gasteiger partial charge is 0.413 e. The maximum absolute atomic E-state index is 12.6. The summed E-state index contributed by atoms with van der Waals surface area (Å²) in [5.74, 6) is -1.14. The molecular weight excluding hydrogens is 373 g/mol. The normalized spacial score (nSPS) is 13.6. The van der Waals surface area contributed by atoms with E-state index >= 15 is 0 Å². The van der Waals surface area contributed by atoms with E-state index in [2.05, 4.69) is 16.0 Å². The number of carbonyl (C=O) groups excluding carboxylic acids is 3. The standard InChI is InChI=1S/C17H26N3O6P/c1-11(2)9-13(20-17(23)27(24,25)26)16(22)19-14(15(21)18-3)10-12-7-5-4-6-8-12/h4-8,11,13-14H,9-10H2,1-3H3,(H,18,21)(H,19,22)(H,20,23)(H2,24,25,26). The van der Waals surface area contributed by atoms with E-state index in [0.717, 1.165) is 5.56 Å². The highest BCUT2D eigenvalue weighted by Gasteiger charge is 2.32. The fourth-order valence-corrected chi connectivity index (χ4v) is 2.77. The molecule has 0 fully saturated rings. The molecule has 0 spiro atoms. The SMILES string of the molecule is CNC(=O)C(Cc1ccccc1)NC(=O)C(CC(C)C)NC(=O)P(=O)(O)O. The Balaban J connectivity index is 2.94. The van der Waals surface area contributed by atoms with E-state index in [1.165, 1.54) is 7.05 Å². The highest BCUT2D eigenvalue weighted by Crippen LogP contribution is 2.35. The van der Waals surface area contributed by atoms with Gasteiger partial charge in [0.25, 0.3) is 0 Å². The summed E-state index contributed by atoms with van der Waals surface area (Å²) >= 11 is 0. The predicted molar refractivity (Wildman–Crippen MR) is 100.0 cm³/mol. The molecule has 9 nitrogen and oxygen atoms in total. The van der Waals surface area contributed by atoms with Crippen LogP contribution in [-0.2, 0) is 20.6 Å². The molecular formula is C17H26N3O6P. The molecule has 0 radical (unpaired) electrons. The Morgan fingerprint density at radius 2 is 1.59 bits per heavy atom. The number of carbonyl (C=O) groups is 3. The Morgan fingerprint density at radius 1 is 1.00 bits per heavy atom. The summed E-state index contributed by atoms with van der Waals surface area (Å²) < 4.78 is 11.1. The molecule has 5 N–H and O–H groups in total. The summed E-state index contributed by atoms with van der Waals surface area (Å²) in [5.41, 5.74) is -0.700.